The SMILES string of the molecule is COc1ccc2ccnc(NCCOCC(N)=O)c2c1. The fraction of sp³-hybridized carbons (Fsp3) is 0.286. The van der Waals surface area contributed by atoms with Gasteiger partial charge >= 0.3 is 0 Å². The van der Waals surface area contributed by atoms with Crippen LogP contribution < -0.4 is 15.8 Å². The number of anilines is 1. The smallest absolute Gasteiger partial charge is 0.243 e. The first-order valence-electron chi connectivity index (χ1n) is 6.23. The molecular formula is C14H17N3O3. The molecule has 106 valence electrons. The Kier molecular flexibility index (Phi) is 4.73. The van der Waals surface area contributed by atoms with E-state index in [1.807, 2.05) is 24.3 Å². The molecule has 3 N–H and O–H groups in total. The molecule has 0 aliphatic carbocycles. The number of carbonyl (C=O) groups is 1. The maximum absolute atomic E-state index is 10.5. The summed E-state index contributed by atoms with van der Waals surface area (Å²) in [6.45, 7) is 0.847. The molecule has 0 bridgehead atoms. The minimum absolute atomic E-state index is 0.0710. The number of hydrogen-bond donors (Lipinski definition) is 2. The average Bonchev–Trinajstić information content (AvgIpc) is 2.46. The van der Waals surface area contributed by atoms with Crippen LogP contribution in [0.25, 0.3) is 10.8 Å². The Bertz CT molecular complexity index is 601. The molecule has 1 aromatic carbocycles. The number of nitrogens with two attached hydrogens (primary N) is 1. The second-order valence-corrected chi connectivity index (χ2v) is 4.19. The second kappa shape index (κ2) is 6.72. The number of ether oxygens (including phenoxy) is 2. The summed E-state index contributed by atoms with van der Waals surface area (Å²) < 4.78 is 10.3. The van der Waals surface area contributed by atoms with Gasteiger partial charge in [-0.05, 0) is 23.6 Å². The fourth-order valence-electron chi connectivity index (χ4n) is 1.83. The van der Waals surface area contributed by atoms with Gasteiger partial charge in [0, 0.05) is 18.1 Å². The number of rotatable bonds is 7. The minimum atomic E-state index is -0.474. The Morgan fingerprint density at radius 2 is 2.25 bits per heavy atom. The van der Waals surface area contributed by atoms with Crippen LogP contribution in [0.15, 0.2) is 30.5 Å². The summed E-state index contributed by atoms with van der Waals surface area (Å²) in [7, 11) is 1.63. The highest BCUT2D eigenvalue weighted by molar-refractivity contribution is 5.92. The lowest BCUT2D eigenvalue weighted by atomic mass is 10.1. The molecule has 0 radical (unpaired) electrons. The Hall–Kier alpha value is -2.34. The van der Waals surface area contributed by atoms with Crippen molar-refractivity contribution in [2.24, 2.45) is 5.73 Å². The van der Waals surface area contributed by atoms with Crippen LogP contribution in [0.5, 0.6) is 5.75 Å². The molecule has 6 nitrogen and oxygen atoms in total. The zero-order valence-electron chi connectivity index (χ0n) is 11.3. The number of fused-ring (bicyclic) bond motifs is 1. The zero-order chi connectivity index (χ0) is 14.4. The molecule has 6 heteroatoms. The molecule has 0 saturated carbocycles. The van der Waals surface area contributed by atoms with Crippen LogP contribution in [0, 0.1) is 0 Å². The molecule has 20 heavy (non-hydrogen) atoms. The van der Waals surface area contributed by atoms with Crippen LogP contribution in [0.3, 0.4) is 0 Å². The second-order valence-electron chi connectivity index (χ2n) is 4.19. The Labute approximate surface area is 116 Å². The third kappa shape index (κ3) is 3.58. The highest BCUT2D eigenvalue weighted by Gasteiger charge is 2.03. The van der Waals surface area contributed by atoms with Crippen molar-refractivity contribution in [2.45, 2.75) is 0 Å². The number of methoxy groups -OCH3 is 1. The number of amides is 1. The number of primary amides is 1. The van der Waals surface area contributed by atoms with Crippen molar-refractivity contribution < 1.29 is 14.3 Å². The van der Waals surface area contributed by atoms with Crippen molar-refractivity contribution in [2.75, 3.05) is 32.2 Å². The maximum atomic E-state index is 10.5. The molecule has 2 aromatic rings. The summed E-state index contributed by atoms with van der Waals surface area (Å²) in [6, 6.07) is 7.74. The summed E-state index contributed by atoms with van der Waals surface area (Å²) in [6.07, 6.45) is 1.74. The van der Waals surface area contributed by atoms with Gasteiger partial charge < -0.3 is 20.5 Å². The van der Waals surface area contributed by atoms with Crippen LogP contribution in [-0.4, -0.2) is 37.8 Å². The Morgan fingerprint density at radius 1 is 1.40 bits per heavy atom. The predicted octanol–water partition coefficient (Wildman–Crippen LogP) is 1.16. The third-order valence-corrected chi connectivity index (χ3v) is 2.76. The zero-order valence-corrected chi connectivity index (χ0v) is 11.3. The van der Waals surface area contributed by atoms with Gasteiger partial charge in [-0.25, -0.2) is 4.98 Å². The molecule has 0 fully saturated rings. The van der Waals surface area contributed by atoms with E-state index in [2.05, 4.69) is 10.3 Å². The van der Waals surface area contributed by atoms with Crippen LogP contribution in [0.2, 0.25) is 0 Å². The highest BCUT2D eigenvalue weighted by Crippen LogP contribution is 2.25. The Morgan fingerprint density at radius 3 is 3.00 bits per heavy atom. The normalized spacial score (nSPS) is 10.4. The summed E-state index contributed by atoms with van der Waals surface area (Å²) in [5.74, 6) is 1.06. The molecule has 0 aliphatic heterocycles. The molecule has 0 aliphatic rings. The molecule has 2 rings (SSSR count). The summed E-state index contributed by atoms with van der Waals surface area (Å²) in [5.41, 5.74) is 4.98. The van der Waals surface area contributed by atoms with Crippen LogP contribution in [0.4, 0.5) is 5.82 Å². The minimum Gasteiger partial charge on any atom is -0.497 e. The predicted molar refractivity (Wildman–Crippen MR) is 76.8 cm³/mol. The molecule has 1 heterocycles. The lowest BCUT2D eigenvalue weighted by molar-refractivity contribution is -0.122. The Balaban J connectivity index is 2.03. The largest absolute Gasteiger partial charge is 0.497 e. The van der Waals surface area contributed by atoms with Gasteiger partial charge in [-0.1, -0.05) is 6.07 Å². The van der Waals surface area contributed by atoms with Gasteiger partial charge in [0.05, 0.1) is 13.7 Å². The molecule has 0 atom stereocenters. The molecular weight excluding hydrogens is 258 g/mol. The van der Waals surface area contributed by atoms with Crippen molar-refractivity contribution in [1.82, 2.24) is 4.98 Å². The van der Waals surface area contributed by atoms with Gasteiger partial charge in [0.15, 0.2) is 0 Å². The first-order valence-corrected chi connectivity index (χ1v) is 6.23. The maximum Gasteiger partial charge on any atom is 0.243 e. The quantitative estimate of drug-likeness (QED) is 0.740. The van der Waals surface area contributed by atoms with Gasteiger partial charge in [-0.15, -0.1) is 0 Å². The van der Waals surface area contributed by atoms with Crippen LogP contribution >= 0.6 is 0 Å². The number of hydrogen-bond acceptors (Lipinski definition) is 5. The van der Waals surface area contributed by atoms with E-state index in [0.29, 0.717) is 13.2 Å². The molecule has 0 unspecified atom stereocenters. The van der Waals surface area contributed by atoms with Gasteiger partial charge in [0.25, 0.3) is 0 Å². The number of benzene rings is 1. The van der Waals surface area contributed by atoms with Crippen LogP contribution in [-0.2, 0) is 9.53 Å². The van der Waals surface area contributed by atoms with E-state index >= 15 is 0 Å². The third-order valence-electron chi connectivity index (χ3n) is 2.76. The van der Waals surface area contributed by atoms with Crippen molar-refractivity contribution in [1.29, 1.82) is 0 Å². The van der Waals surface area contributed by atoms with Gasteiger partial charge in [-0.2, -0.15) is 0 Å². The lowest BCUT2D eigenvalue weighted by Gasteiger charge is -2.10. The monoisotopic (exact) mass is 275 g/mol. The van der Waals surface area contributed by atoms with Crippen molar-refractivity contribution in [3.05, 3.63) is 30.5 Å². The van der Waals surface area contributed by atoms with E-state index in [-0.39, 0.29) is 6.61 Å². The number of carbonyl (C=O) groups excluding carboxylic acids is 1. The summed E-state index contributed by atoms with van der Waals surface area (Å²) in [5, 5.41) is 5.21. The highest BCUT2D eigenvalue weighted by atomic mass is 16.5. The summed E-state index contributed by atoms with van der Waals surface area (Å²) in [4.78, 5) is 14.8. The lowest BCUT2D eigenvalue weighted by Crippen LogP contribution is -2.20. The van der Waals surface area contributed by atoms with Gasteiger partial charge in [0.2, 0.25) is 5.91 Å². The molecule has 1 aromatic heterocycles. The average molecular weight is 275 g/mol. The molecule has 0 spiro atoms. The number of pyridine rings is 1. The first kappa shape index (κ1) is 14.1. The number of nitrogens with zero attached hydrogens (tertiary/aromatic N) is 1. The van der Waals surface area contributed by atoms with Crippen molar-refractivity contribution in [3.8, 4) is 5.75 Å². The summed E-state index contributed by atoms with van der Waals surface area (Å²) >= 11 is 0. The molecule has 1 amide bonds. The van der Waals surface area contributed by atoms with Crippen molar-refractivity contribution in [3.63, 3.8) is 0 Å². The number of nitrogens with one attached hydrogen (secondary N) is 1. The fourth-order valence-corrected chi connectivity index (χ4v) is 1.83. The topological polar surface area (TPSA) is 86.5 Å². The standard InChI is InChI=1S/C14H17N3O3/c1-19-11-3-2-10-4-5-16-14(12(10)8-11)17-6-7-20-9-13(15)18/h2-5,8H,6-7,9H2,1H3,(H2,15,18)(H,16,17). The van der Waals surface area contributed by atoms with Crippen molar-refractivity contribution >= 4 is 22.5 Å². The number of aromatic nitrogens is 1. The van der Waals surface area contributed by atoms with Gasteiger partial charge in [0.1, 0.15) is 18.2 Å². The van der Waals surface area contributed by atoms with E-state index in [4.69, 9.17) is 15.2 Å². The first-order chi connectivity index (χ1) is 9.70. The van der Waals surface area contributed by atoms with E-state index in [9.17, 15) is 4.79 Å². The van der Waals surface area contributed by atoms with E-state index in [1.54, 1.807) is 13.3 Å². The van der Waals surface area contributed by atoms with Gasteiger partial charge in [-0.3, -0.25) is 4.79 Å². The molecule has 0 saturated heterocycles. The van der Waals surface area contributed by atoms with Crippen LogP contribution in [0.1, 0.15) is 0 Å². The van der Waals surface area contributed by atoms with E-state index < -0.39 is 5.91 Å². The van der Waals surface area contributed by atoms with E-state index in [0.717, 1.165) is 22.3 Å². The van der Waals surface area contributed by atoms with E-state index in [1.165, 1.54) is 0 Å².